The van der Waals surface area contributed by atoms with Crippen molar-refractivity contribution >= 4 is 23.8 Å². The van der Waals surface area contributed by atoms with E-state index in [1.165, 1.54) is 0 Å². The van der Waals surface area contributed by atoms with Gasteiger partial charge in [-0.05, 0) is 50.1 Å². The maximum atomic E-state index is 6.24. The number of rotatable bonds is 5. The number of benzene rings is 1. The lowest BCUT2D eigenvalue weighted by atomic mass is 10.0. The molecule has 0 unspecified atom stereocenters. The predicted octanol–water partition coefficient (Wildman–Crippen LogP) is 3.31. The predicted molar refractivity (Wildman–Crippen MR) is 108 cm³/mol. The summed E-state index contributed by atoms with van der Waals surface area (Å²) in [5.41, 5.74) is 11.5. The molecule has 6 nitrogen and oxygen atoms in total. The fourth-order valence-electron chi connectivity index (χ4n) is 2.63. The molecule has 1 heterocycles. The first kappa shape index (κ1) is 19.5. The first-order valence-corrected chi connectivity index (χ1v) is 8.51. The maximum Gasteiger partial charge on any atom is 0.241 e. The van der Waals surface area contributed by atoms with Crippen LogP contribution in [0.25, 0.3) is 5.70 Å². The second-order valence-corrected chi connectivity index (χ2v) is 6.22. The van der Waals surface area contributed by atoms with Crippen molar-refractivity contribution < 1.29 is 9.47 Å². The summed E-state index contributed by atoms with van der Waals surface area (Å²) in [7, 11) is 1.58. The van der Waals surface area contributed by atoms with E-state index >= 15 is 0 Å². The number of aromatic amines is 1. The normalized spacial score (nSPS) is 12.2. The van der Waals surface area contributed by atoms with Gasteiger partial charge in [0.15, 0.2) is 0 Å². The van der Waals surface area contributed by atoms with Gasteiger partial charge in [0.25, 0.3) is 0 Å². The topological polar surface area (TPSA) is 98.7 Å². The molecule has 1 aromatic carbocycles. The highest BCUT2D eigenvalue weighted by Crippen LogP contribution is 2.22. The van der Waals surface area contributed by atoms with Gasteiger partial charge >= 0.3 is 0 Å². The molecular weight excluding hydrogens is 348 g/mol. The number of nitrogens with zero attached hydrogens (tertiary/aromatic N) is 1. The van der Waals surface area contributed by atoms with Gasteiger partial charge in [-0.25, -0.2) is 0 Å². The van der Waals surface area contributed by atoms with Crippen LogP contribution in [-0.4, -0.2) is 24.6 Å². The number of hydrazone groups is 1. The highest BCUT2D eigenvalue weighted by Gasteiger charge is 2.12. The maximum absolute atomic E-state index is 6.24. The van der Waals surface area contributed by atoms with Crippen molar-refractivity contribution in [3.8, 4) is 5.75 Å². The Labute approximate surface area is 158 Å². The van der Waals surface area contributed by atoms with Gasteiger partial charge in [-0.15, -0.1) is 5.10 Å². The van der Waals surface area contributed by atoms with E-state index in [1.807, 2.05) is 45.0 Å². The van der Waals surface area contributed by atoms with E-state index in [0.717, 1.165) is 22.4 Å². The Morgan fingerprint density at radius 3 is 2.58 bits per heavy atom. The molecule has 0 aliphatic carbocycles. The zero-order valence-corrected chi connectivity index (χ0v) is 16.2. The molecule has 0 amide bonds. The zero-order chi connectivity index (χ0) is 19.3. The minimum Gasteiger partial charge on any atom is -0.496 e. The minimum absolute atomic E-state index is 0.195. The Morgan fingerprint density at radius 2 is 1.92 bits per heavy atom. The first-order chi connectivity index (χ1) is 12.4. The molecule has 5 N–H and O–H groups in total. The fourth-order valence-corrected chi connectivity index (χ4v) is 3.06. The molecule has 0 aliphatic heterocycles. The minimum atomic E-state index is 0.195. The molecule has 138 valence electrons. The van der Waals surface area contributed by atoms with Crippen molar-refractivity contribution in [1.29, 1.82) is 0 Å². The number of ether oxygens (including phenoxy) is 2. The Bertz CT molecular complexity index is 916. The number of aromatic nitrogens is 1. The number of methoxy groups -OCH3 is 1. The summed E-state index contributed by atoms with van der Waals surface area (Å²) in [6, 6.07) is 7.35. The summed E-state index contributed by atoms with van der Waals surface area (Å²) in [6.07, 6.45) is 1.75. The summed E-state index contributed by atoms with van der Waals surface area (Å²) in [6.45, 7) is 6.22. The van der Waals surface area contributed by atoms with Gasteiger partial charge in [-0.3, -0.25) is 0 Å². The summed E-state index contributed by atoms with van der Waals surface area (Å²) in [5.74, 6) is 6.37. The van der Waals surface area contributed by atoms with Gasteiger partial charge in [0.1, 0.15) is 17.0 Å². The van der Waals surface area contributed by atoms with Crippen LogP contribution in [0.2, 0.25) is 0 Å². The molecule has 0 saturated carbocycles. The first-order valence-electron chi connectivity index (χ1n) is 8.10. The third-order valence-electron chi connectivity index (χ3n) is 4.29. The highest BCUT2D eigenvalue weighted by molar-refractivity contribution is 7.71. The second kappa shape index (κ2) is 8.53. The molecule has 2 aromatic rings. The lowest BCUT2D eigenvalue weighted by Crippen LogP contribution is -2.12. The van der Waals surface area contributed by atoms with E-state index < -0.39 is 0 Å². The smallest absolute Gasteiger partial charge is 0.241 e. The molecule has 0 spiro atoms. The average Bonchev–Trinajstić information content (AvgIpc) is 2.63. The van der Waals surface area contributed by atoms with E-state index in [9.17, 15) is 0 Å². The number of para-hydroxylation sites is 1. The molecule has 1 aromatic heterocycles. The van der Waals surface area contributed by atoms with E-state index in [-0.39, 0.29) is 12.5 Å². The Balaban J connectivity index is 2.22. The zero-order valence-electron chi connectivity index (χ0n) is 15.4. The molecule has 2 rings (SSSR count). The van der Waals surface area contributed by atoms with Crippen LogP contribution >= 0.6 is 12.2 Å². The summed E-state index contributed by atoms with van der Waals surface area (Å²) in [4.78, 5) is 3.17. The molecule has 0 saturated heterocycles. The van der Waals surface area contributed by atoms with Crippen molar-refractivity contribution in [3.05, 3.63) is 62.9 Å². The molecule has 0 bridgehead atoms. The van der Waals surface area contributed by atoms with Crippen LogP contribution in [0, 0.1) is 25.4 Å². The van der Waals surface area contributed by atoms with Crippen molar-refractivity contribution in [2.45, 2.75) is 20.8 Å². The van der Waals surface area contributed by atoms with Crippen LogP contribution in [0.3, 0.4) is 0 Å². The highest BCUT2D eigenvalue weighted by atomic mass is 32.1. The molecule has 0 aliphatic rings. The van der Waals surface area contributed by atoms with Crippen LogP contribution in [0.4, 0.5) is 0 Å². The fraction of sp³-hybridized carbons (Fsp3) is 0.263. The van der Waals surface area contributed by atoms with Crippen LogP contribution in [0.1, 0.15) is 27.9 Å². The Morgan fingerprint density at radius 1 is 1.23 bits per heavy atom. The van der Waals surface area contributed by atoms with E-state index in [1.54, 1.807) is 13.2 Å². The van der Waals surface area contributed by atoms with Gasteiger partial charge in [-0.2, -0.15) is 0 Å². The third kappa shape index (κ3) is 4.05. The van der Waals surface area contributed by atoms with Crippen LogP contribution in [0.15, 0.2) is 35.4 Å². The van der Waals surface area contributed by atoms with Crippen molar-refractivity contribution in [1.82, 2.24) is 4.98 Å². The van der Waals surface area contributed by atoms with Gasteiger partial charge in [-0.1, -0.05) is 24.4 Å². The van der Waals surface area contributed by atoms with Crippen molar-refractivity contribution in [2.75, 3.05) is 13.7 Å². The van der Waals surface area contributed by atoms with Gasteiger partial charge in [0, 0.05) is 17.0 Å². The van der Waals surface area contributed by atoms with Gasteiger partial charge < -0.3 is 26.0 Å². The average molecular weight is 372 g/mol. The standard InChI is InChI=1S/C19H24N4O2S/c1-11-12(2)17(19(26)22-13(11)3)15(20)9-10-25-18(23-21)14-7-5-6-8-16(14)24-4/h5-9H,10,20-21H2,1-4H3,(H,22,26)/b15-9-,23-18-. The molecule has 26 heavy (non-hydrogen) atoms. The molecule has 0 atom stereocenters. The monoisotopic (exact) mass is 372 g/mol. The Kier molecular flexibility index (Phi) is 6.41. The number of hydrogen-bond donors (Lipinski definition) is 3. The number of hydrogen-bond acceptors (Lipinski definition) is 6. The second-order valence-electron chi connectivity index (χ2n) is 5.81. The number of pyridine rings is 1. The van der Waals surface area contributed by atoms with Crippen molar-refractivity contribution in [2.24, 2.45) is 16.7 Å². The van der Waals surface area contributed by atoms with Crippen molar-refractivity contribution in [3.63, 3.8) is 0 Å². The molecular formula is C19H24N4O2S. The summed E-state index contributed by atoms with van der Waals surface area (Å²) in [5, 5.41) is 3.71. The third-order valence-corrected chi connectivity index (χ3v) is 4.60. The van der Waals surface area contributed by atoms with Gasteiger partial charge in [0.05, 0.1) is 12.7 Å². The van der Waals surface area contributed by atoms with E-state index in [4.69, 9.17) is 33.3 Å². The molecule has 0 fully saturated rings. The molecule has 7 heteroatoms. The number of H-pyrrole nitrogens is 1. The van der Waals surface area contributed by atoms with Crippen LogP contribution < -0.4 is 16.3 Å². The van der Waals surface area contributed by atoms with Crippen LogP contribution in [0.5, 0.6) is 5.75 Å². The quantitative estimate of drug-likeness (QED) is 0.246. The van der Waals surface area contributed by atoms with Crippen LogP contribution in [-0.2, 0) is 4.74 Å². The number of nitrogens with one attached hydrogen (secondary N) is 1. The lowest BCUT2D eigenvalue weighted by Gasteiger charge is -2.13. The Hall–Kier alpha value is -2.80. The number of aryl methyl sites for hydroxylation is 1. The molecule has 0 radical (unpaired) electrons. The number of nitrogens with two attached hydrogens (primary N) is 2. The van der Waals surface area contributed by atoms with Gasteiger partial charge in [0.2, 0.25) is 5.90 Å². The summed E-state index contributed by atoms with van der Waals surface area (Å²) >= 11 is 5.42. The summed E-state index contributed by atoms with van der Waals surface area (Å²) < 4.78 is 11.6. The SMILES string of the molecule is COc1ccccc1/C(=N/N)OC/C=C(\N)c1c(C)c(C)c(C)[nH]c1=S. The van der Waals surface area contributed by atoms with E-state index in [2.05, 4.69) is 10.1 Å². The van der Waals surface area contributed by atoms with E-state index in [0.29, 0.717) is 21.7 Å². The lowest BCUT2D eigenvalue weighted by molar-refractivity contribution is 0.346. The largest absolute Gasteiger partial charge is 0.496 e.